The largest absolute Gasteiger partial charge is 0.359 e. The number of H-pyrrole nitrogens is 1. The van der Waals surface area contributed by atoms with Crippen LogP contribution in [0.3, 0.4) is 0 Å². The molecule has 0 atom stereocenters. The molecule has 0 bridgehead atoms. The van der Waals surface area contributed by atoms with E-state index in [-0.39, 0.29) is 29.2 Å². The van der Waals surface area contributed by atoms with Gasteiger partial charge in [-0.2, -0.15) is 0 Å². The van der Waals surface area contributed by atoms with Crippen LogP contribution < -0.4 is 5.32 Å². The monoisotopic (exact) mass is 375 g/mol. The number of aryl methyl sites for hydroxylation is 1. The van der Waals surface area contributed by atoms with Crippen LogP contribution in [0.2, 0.25) is 0 Å². The van der Waals surface area contributed by atoms with Crippen molar-refractivity contribution in [2.24, 2.45) is 5.92 Å². The van der Waals surface area contributed by atoms with Crippen LogP contribution >= 0.6 is 0 Å². The number of benzene rings is 2. The van der Waals surface area contributed by atoms with Gasteiger partial charge in [-0.3, -0.25) is 19.3 Å². The first-order valence-corrected chi connectivity index (χ1v) is 9.25. The summed E-state index contributed by atoms with van der Waals surface area (Å²) in [6.45, 7) is 6.22. The van der Waals surface area contributed by atoms with Gasteiger partial charge in [-0.15, -0.1) is 0 Å². The van der Waals surface area contributed by atoms with Gasteiger partial charge in [0.05, 0.1) is 16.8 Å². The molecule has 1 aliphatic rings. The molecule has 1 aromatic heterocycles. The molecule has 3 amide bonds. The summed E-state index contributed by atoms with van der Waals surface area (Å²) in [6, 6.07) is 12.3. The maximum absolute atomic E-state index is 12.8. The summed E-state index contributed by atoms with van der Waals surface area (Å²) in [4.78, 5) is 42.4. The molecule has 4 rings (SSSR count). The minimum absolute atomic E-state index is 0.176. The number of hydrogen-bond acceptors (Lipinski definition) is 3. The Hall–Kier alpha value is -3.41. The maximum Gasteiger partial charge on any atom is 0.261 e. The van der Waals surface area contributed by atoms with Crippen molar-refractivity contribution in [2.45, 2.75) is 20.8 Å². The normalized spacial score (nSPS) is 13.5. The van der Waals surface area contributed by atoms with E-state index in [1.807, 2.05) is 45.0 Å². The van der Waals surface area contributed by atoms with Crippen molar-refractivity contribution in [3.8, 4) is 0 Å². The number of aromatic nitrogens is 1. The molecule has 0 radical (unpaired) electrons. The van der Waals surface area contributed by atoms with E-state index in [0.717, 1.165) is 16.6 Å². The summed E-state index contributed by atoms with van der Waals surface area (Å²) in [5.41, 5.74) is 3.62. The molecule has 6 heteroatoms. The van der Waals surface area contributed by atoms with Crippen molar-refractivity contribution in [2.75, 3.05) is 11.9 Å². The Labute approximate surface area is 162 Å². The molecular weight excluding hydrogens is 354 g/mol. The topological polar surface area (TPSA) is 82.3 Å². The van der Waals surface area contributed by atoms with Crippen LogP contribution in [0.25, 0.3) is 10.9 Å². The van der Waals surface area contributed by atoms with E-state index in [0.29, 0.717) is 23.4 Å². The number of nitrogens with zero attached hydrogens (tertiary/aromatic N) is 1. The summed E-state index contributed by atoms with van der Waals surface area (Å²) in [5, 5.41) is 3.83. The number of carbonyl (C=O) groups excluding carboxylic acids is 3. The molecule has 28 heavy (non-hydrogen) atoms. The second kappa shape index (κ2) is 6.64. The molecule has 2 aromatic carbocycles. The van der Waals surface area contributed by atoms with Gasteiger partial charge >= 0.3 is 0 Å². The number of amides is 3. The minimum atomic E-state index is -0.341. The highest BCUT2D eigenvalue weighted by atomic mass is 16.2. The fourth-order valence-electron chi connectivity index (χ4n) is 3.56. The zero-order valence-electron chi connectivity index (χ0n) is 16.0. The highest BCUT2D eigenvalue weighted by molar-refractivity contribution is 6.22. The molecule has 0 aliphatic carbocycles. The molecule has 2 heterocycles. The van der Waals surface area contributed by atoms with Crippen LogP contribution in [0.15, 0.2) is 42.5 Å². The molecule has 2 N–H and O–H groups in total. The SMILES string of the molecule is Cc1cc2c(NC(=O)c3ccc4c(c3)C(=O)N(CC(C)C)C4=O)cccc2[nH]1. The summed E-state index contributed by atoms with van der Waals surface area (Å²) >= 11 is 0. The summed E-state index contributed by atoms with van der Waals surface area (Å²) in [7, 11) is 0. The summed E-state index contributed by atoms with van der Waals surface area (Å²) < 4.78 is 0. The van der Waals surface area contributed by atoms with Gasteiger partial charge in [0, 0.05) is 28.7 Å². The maximum atomic E-state index is 12.8. The lowest BCUT2D eigenvalue weighted by Gasteiger charge is -2.15. The molecule has 0 saturated carbocycles. The third-order valence-corrected chi connectivity index (χ3v) is 4.83. The number of imide groups is 1. The van der Waals surface area contributed by atoms with E-state index in [2.05, 4.69) is 10.3 Å². The van der Waals surface area contributed by atoms with Crippen LogP contribution in [0, 0.1) is 12.8 Å². The molecule has 1 aliphatic heterocycles. The highest BCUT2D eigenvalue weighted by Gasteiger charge is 2.36. The summed E-state index contributed by atoms with van der Waals surface area (Å²) in [6.07, 6.45) is 0. The van der Waals surface area contributed by atoms with E-state index in [4.69, 9.17) is 0 Å². The van der Waals surface area contributed by atoms with Gasteiger partial charge in [0.25, 0.3) is 17.7 Å². The lowest BCUT2D eigenvalue weighted by Crippen LogP contribution is -2.33. The fraction of sp³-hybridized carbons (Fsp3) is 0.227. The number of carbonyl (C=O) groups is 3. The minimum Gasteiger partial charge on any atom is -0.359 e. The second-order valence-corrected chi connectivity index (χ2v) is 7.55. The van der Waals surface area contributed by atoms with Crippen molar-refractivity contribution in [3.05, 3.63) is 64.8 Å². The van der Waals surface area contributed by atoms with E-state index in [1.54, 1.807) is 12.1 Å². The molecule has 0 unspecified atom stereocenters. The Bertz CT molecular complexity index is 1130. The first kappa shape index (κ1) is 18.0. The zero-order chi connectivity index (χ0) is 20.0. The van der Waals surface area contributed by atoms with Crippen molar-refractivity contribution in [1.82, 2.24) is 9.88 Å². The van der Waals surface area contributed by atoms with Gasteiger partial charge in [0.1, 0.15) is 0 Å². The Morgan fingerprint density at radius 1 is 1.07 bits per heavy atom. The quantitative estimate of drug-likeness (QED) is 0.677. The summed E-state index contributed by atoms with van der Waals surface area (Å²) in [5.74, 6) is -0.785. The van der Waals surface area contributed by atoms with Gasteiger partial charge in [-0.25, -0.2) is 0 Å². The zero-order valence-corrected chi connectivity index (χ0v) is 16.0. The highest BCUT2D eigenvalue weighted by Crippen LogP contribution is 2.27. The number of rotatable bonds is 4. The standard InChI is InChI=1S/C22H21N3O3/c1-12(2)11-25-21(27)15-8-7-14(10-16(15)22(25)28)20(26)24-19-6-4-5-18-17(19)9-13(3)23-18/h4-10,12,23H,11H2,1-3H3,(H,24,26). The van der Waals surface area contributed by atoms with Gasteiger partial charge in [-0.1, -0.05) is 19.9 Å². The van der Waals surface area contributed by atoms with Crippen LogP contribution in [-0.4, -0.2) is 34.2 Å². The smallest absolute Gasteiger partial charge is 0.261 e. The number of fused-ring (bicyclic) bond motifs is 2. The Morgan fingerprint density at radius 3 is 2.57 bits per heavy atom. The predicted molar refractivity (Wildman–Crippen MR) is 108 cm³/mol. The van der Waals surface area contributed by atoms with Crippen molar-refractivity contribution < 1.29 is 14.4 Å². The van der Waals surface area contributed by atoms with Crippen molar-refractivity contribution >= 4 is 34.3 Å². The van der Waals surface area contributed by atoms with Crippen molar-refractivity contribution in [1.29, 1.82) is 0 Å². The Kier molecular flexibility index (Phi) is 4.26. The average molecular weight is 375 g/mol. The molecule has 3 aromatic rings. The third-order valence-electron chi connectivity index (χ3n) is 4.83. The van der Waals surface area contributed by atoms with Crippen LogP contribution in [-0.2, 0) is 0 Å². The fourth-order valence-corrected chi connectivity index (χ4v) is 3.56. The number of hydrogen-bond donors (Lipinski definition) is 2. The molecular formula is C22H21N3O3. The molecule has 0 spiro atoms. The van der Waals surface area contributed by atoms with E-state index in [9.17, 15) is 14.4 Å². The van der Waals surface area contributed by atoms with Gasteiger partial charge in [0.2, 0.25) is 0 Å². The van der Waals surface area contributed by atoms with Crippen LogP contribution in [0.1, 0.15) is 50.6 Å². The Morgan fingerprint density at radius 2 is 1.82 bits per heavy atom. The molecule has 0 saturated heterocycles. The number of aromatic amines is 1. The molecule has 6 nitrogen and oxygen atoms in total. The molecule has 0 fully saturated rings. The van der Waals surface area contributed by atoms with E-state index < -0.39 is 0 Å². The lowest BCUT2D eigenvalue weighted by molar-refractivity contribution is 0.0636. The van der Waals surface area contributed by atoms with Crippen LogP contribution in [0.4, 0.5) is 5.69 Å². The van der Waals surface area contributed by atoms with Gasteiger partial charge < -0.3 is 10.3 Å². The van der Waals surface area contributed by atoms with E-state index >= 15 is 0 Å². The van der Waals surface area contributed by atoms with Crippen molar-refractivity contribution in [3.63, 3.8) is 0 Å². The lowest BCUT2D eigenvalue weighted by atomic mass is 10.1. The van der Waals surface area contributed by atoms with E-state index in [1.165, 1.54) is 11.0 Å². The van der Waals surface area contributed by atoms with Gasteiger partial charge in [-0.05, 0) is 49.2 Å². The number of nitrogens with one attached hydrogen (secondary N) is 2. The first-order valence-electron chi connectivity index (χ1n) is 9.25. The average Bonchev–Trinajstić information content (AvgIpc) is 3.14. The van der Waals surface area contributed by atoms with Gasteiger partial charge in [0.15, 0.2) is 0 Å². The molecule has 142 valence electrons. The number of anilines is 1. The Balaban J connectivity index is 1.63. The second-order valence-electron chi connectivity index (χ2n) is 7.55. The third kappa shape index (κ3) is 2.97. The predicted octanol–water partition coefficient (Wildman–Crippen LogP) is 3.98. The van der Waals surface area contributed by atoms with Crippen LogP contribution in [0.5, 0.6) is 0 Å². The first-order chi connectivity index (χ1) is 13.3.